The molecule has 0 spiro atoms. The van der Waals surface area contributed by atoms with Gasteiger partial charge in [0.05, 0.1) is 11.2 Å². The normalized spacial score (nSPS) is 15.1. The van der Waals surface area contributed by atoms with E-state index in [1.807, 2.05) is 7.05 Å². The SMILES string of the molecule is CN1C=CN(c2[c-]c3c(cc2)-n2c4ccccc4c4cccc(c42)N3c2[c-]c(N3[CH-]N(C)c4ccccc43)cc(C(C)(C)C)c2)[CH-]1.[Pt+4]. The zero-order valence-electron chi connectivity index (χ0n) is 27.0. The van der Waals surface area contributed by atoms with E-state index in [9.17, 15) is 0 Å². The van der Waals surface area contributed by atoms with E-state index >= 15 is 0 Å². The molecule has 3 aliphatic rings. The van der Waals surface area contributed by atoms with Crippen LogP contribution in [-0.2, 0) is 26.5 Å². The van der Waals surface area contributed by atoms with Crippen LogP contribution in [0.4, 0.5) is 39.8 Å². The second-order valence-corrected chi connectivity index (χ2v) is 13.4. The summed E-state index contributed by atoms with van der Waals surface area (Å²) < 4.78 is 2.41. The average molecular weight is 794 g/mol. The number of nitrogens with zero attached hydrogens (tertiary/aromatic N) is 6. The first-order valence-electron chi connectivity index (χ1n) is 15.7. The summed E-state index contributed by atoms with van der Waals surface area (Å²) in [5, 5.41) is 2.48. The molecule has 3 aliphatic heterocycles. The molecule has 1 aromatic heterocycles. The molecule has 6 aromatic rings. The first-order chi connectivity index (χ1) is 22.3. The van der Waals surface area contributed by atoms with E-state index in [0.29, 0.717) is 0 Å². The summed E-state index contributed by atoms with van der Waals surface area (Å²) in [5.41, 5.74) is 12.0. The van der Waals surface area contributed by atoms with E-state index in [-0.39, 0.29) is 26.5 Å². The third kappa shape index (κ3) is 4.49. The van der Waals surface area contributed by atoms with Crippen molar-refractivity contribution in [2.45, 2.75) is 26.2 Å². The largest absolute Gasteiger partial charge is 4.00 e. The third-order valence-corrected chi connectivity index (χ3v) is 9.33. The molecule has 0 N–H and O–H groups in total. The molecule has 6 nitrogen and oxygen atoms in total. The van der Waals surface area contributed by atoms with E-state index in [0.717, 1.165) is 39.8 Å². The number of rotatable bonds is 3. The van der Waals surface area contributed by atoms with Gasteiger partial charge in [-0.3, -0.25) is 0 Å². The summed E-state index contributed by atoms with van der Waals surface area (Å²) in [7, 11) is 4.14. The number of para-hydroxylation sites is 4. The van der Waals surface area contributed by atoms with Crippen molar-refractivity contribution in [1.29, 1.82) is 0 Å². The maximum atomic E-state index is 3.90. The second-order valence-electron chi connectivity index (χ2n) is 13.4. The van der Waals surface area contributed by atoms with Crippen molar-refractivity contribution in [3.63, 3.8) is 0 Å². The van der Waals surface area contributed by atoms with Crippen LogP contribution in [0.2, 0.25) is 0 Å². The summed E-state index contributed by atoms with van der Waals surface area (Å²) in [6, 6.07) is 40.7. The molecular formula is C40H34N6Pt. The average Bonchev–Trinajstić information content (AvgIpc) is 3.75. The molecule has 9 rings (SSSR count). The van der Waals surface area contributed by atoms with E-state index in [2.05, 4.69) is 186 Å². The molecular weight excluding hydrogens is 760 g/mol. The molecule has 0 radical (unpaired) electrons. The summed E-state index contributed by atoms with van der Waals surface area (Å²) in [6.07, 6.45) is 4.13. The van der Waals surface area contributed by atoms with Gasteiger partial charge in [-0.05, 0) is 67.6 Å². The molecule has 0 unspecified atom stereocenters. The standard InChI is InChI=1S/C40H34N6.Pt/c1-40(2,3)27-21-29(44-26-42(5)34-14-8-9-15-35(34)44)23-30(22-27)45-37-16-10-12-32-31-11-6-7-13-33(31)46(39(32)37)36-18-17-28(24-38(36)45)43-20-19-41(4)25-43;/h6-22,25-26H,1-5H3;/q-4;+4. The van der Waals surface area contributed by atoms with Crippen LogP contribution in [0.3, 0.4) is 0 Å². The van der Waals surface area contributed by atoms with E-state index in [1.165, 1.54) is 33.1 Å². The fraction of sp³-hybridized carbons (Fsp3) is 0.150. The molecule has 0 bridgehead atoms. The van der Waals surface area contributed by atoms with Crippen LogP contribution in [0.5, 0.6) is 0 Å². The van der Waals surface area contributed by atoms with Gasteiger partial charge >= 0.3 is 21.1 Å². The van der Waals surface area contributed by atoms with Crippen LogP contribution in [0.15, 0.2) is 103 Å². The minimum absolute atomic E-state index is 0. The predicted octanol–water partition coefficient (Wildman–Crippen LogP) is 9.51. The smallest absolute Gasteiger partial charge is 0.510 e. The predicted molar refractivity (Wildman–Crippen MR) is 190 cm³/mol. The van der Waals surface area contributed by atoms with Gasteiger partial charge in [-0.1, -0.05) is 68.9 Å². The number of hydrogen-bond donors (Lipinski definition) is 0. The van der Waals surface area contributed by atoms with Gasteiger partial charge in [0.25, 0.3) is 0 Å². The molecule has 4 heterocycles. The number of aromatic nitrogens is 1. The van der Waals surface area contributed by atoms with Gasteiger partial charge in [0.2, 0.25) is 0 Å². The quantitative estimate of drug-likeness (QED) is 0.166. The van der Waals surface area contributed by atoms with Crippen molar-refractivity contribution < 1.29 is 21.1 Å². The van der Waals surface area contributed by atoms with Crippen LogP contribution in [0, 0.1) is 25.5 Å². The van der Waals surface area contributed by atoms with Crippen molar-refractivity contribution in [1.82, 2.24) is 9.47 Å². The van der Waals surface area contributed by atoms with Crippen molar-refractivity contribution in [3.8, 4) is 5.69 Å². The second kappa shape index (κ2) is 10.7. The van der Waals surface area contributed by atoms with Gasteiger partial charge in [0.1, 0.15) is 0 Å². The Balaban J connectivity index is 0.00000324. The molecule has 0 fully saturated rings. The molecule has 5 aromatic carbocycles. The van der Waals surface area contributed by atoms with Crippen LogP contribution in [0.25, 0.3) is 27.5 Å². The fourth-order valence-electron chi connectivity index (χ4n) is 7.04. The minimum atomic E-state index is -0.0886. The minimum Gasteiger partial charge on any atom is -0.510 e. The summed E-state index contributed by atoms with van der Waals surface area (Å²) in [6.45, 7) is 11.1. The van der Waals surface area contributed by atoms with Gasteiger partial charge in [-0.25, -0.2) is 0 Å². The molecule has 7 heteroatoms. The van der Waals surface area contributed by atoms with E-state index < -0.39 is 0 Å². The topological polar surface area (TPSA) is 21.1 Å². The number of anilines is 7. The Morgan fingerprint density at radius 2 is 1.36 bits per heavy atom. The molecule has 234 valence electrons. The Morgan fingerprint density at radius 1 is 0.638 bits per heavy atom. The summed E-state index contributed by atoms with van der Waals surface area (Å²) >= 11 is 0. The maximum Gasteiger partial charge on any atom is 4.00 e. The molecule has 0 saturated heterocycles. The first-order valence-corrected chi connectivity index (χ1v) is 15.7. The third-order valence-electron chi connectivity index (χ3n) is 9.33. The zero-order chi connectivity index (χ0) is 31.3. The summed E-state index contributed by atoms with van der Waals surface area (Å²) in [4.78, 5) is 11.0. The van der Waals surface area contributed by atoms with Crippen molar-refractivity contribution >= 4 is 61.6 Å². The van der Waals surface area contributed by atoms with Crippen LogP contribution in [0.1, 0.15) is 26.3 Å². The van der Waals surface area contributed by atoms with Gasteiger partial charge in [-0.2, -0.15) is 13.3 Å². The maximum absolute atomic E-state index is 3.90. The summed E-state index contributed by atoms with van der Waals surface area (Å²) in [5.74, 6) is 0. The Labute approximate surface area is 291 Å². The van der Waals surface area contributed by atoms with Gasteiger partial charge in [0, 0.05) is 27.7 Å². The van der Waals surface area contributed by atoms with E-state index in [4.69, 9.17) is 0 Å². The Kier molecular flexibility index (Phi) is 6.75. The van der Waals surface area contributed by atoms with Crippen molar-refractivity contribution in [2.24, 2.45) is 0 Å². The molecule has 0 saturated carbocycles. The molecule has 0 aliphatic carbocycles. The van der Waals surface area contributed by atoms with Crippen LogP contribution in [-0.4, -0.2) is 23.6 Å². The van der Waals surface area contributed by atoms with Gasteiger partial charge < -0.3 is 29.1 Å². The Hall–Kier alpha value is -4.67. The number of hydrogen-bond acceptors (Lipinski definition) is 5. The molecule has 0 atom stereocenters. The van der Waals surface area contributed by atoms with Crippen molar-refractivity contribution in [2.75, 3.05) is 33.7 Å². The van der Waals surface area contributed by atoms with Crippen LogP contribution >= 0.6 is 0 Å². The molecule has 47 heavy (non-hydrogen) atoms. The van der Waals surface area contributed by atoms with Crippen molar-refractivity contribution in [3.05, 3.63) is 134 Å². The first kappa shape index (κ1) is 29.7. The molecule has 0 amide bonds. The Morgan fingerprint density at radius 3 is 2.15 bits per heavy atom. The van der Waals surface area contributed by atoms with Gasteiger partial charge in [0.15, 0.2) is 0 Å². The Bertz CT molecular complexity index is 2230. The van der Waals surface area contributed by atoms with E-state index in [1.54, 1.807) is 0 Å². The monoisotopic (exact) mass is 793 g/mol. The zero-order valence-corrected chi connectivity index (χ0v) is 29.2. The van der Waals surface area contributed by atoms with Crippen LogP contribution < -0.4 is 19.6 Å². The number of fused-ring (bicyclic) bond motifs is 6. The fourth-order valence-corrected chi connectivity index (χ4v) is 7.04. The number of benzene rings is 5. The van der Waals surface area contributed by atoms with Gasteiger partial charge in [-0.15, -0.1) is 53.3 Å².